The molecule has 0 fully saturated rings. The number of aromatic nitrogens is 3. The summed E-state index contributed by atoms with van der Waals surface area (Å²) in [5, 5.41) is 4.80. The number of nitrogens with zero attached hydrogens (tertiary/aromatic N) is 3. The van der Waals surface area contributed by atoms with Crippen LogP contribution in [0.1, 0.15) is 5.69 Å². The van der Waals surface area contributed by atoms with E-state index in [0.29, 0.717) is 30.3 Å². The van der Waals surface area contributed by atoms with E-state index < -0.39 is 9.84 Å². The number of fused-ring (bicyclic) bond motifs is 1. The van der Waals surface area contributed by atoms with Crippen molar-refractivity contribution in [2.45, 2.75) is 11.8 Å². The average molecular weight is 453 g/mol. The van der Waals surface area contributed by atoms with Crippen molar-refractivity contribution in [2.24, 2.45) is 5.73 Å². The average Bonchev–Trinajstić information content (AvgIpc) is 3.11. The number of sulfone groups is 1. The van der Waals surface area contributed by atoms with Gasteiger partial charge in [-0.3, -0.25) is 0 Å². The quantitative estimate of drug-likeness (QED) is 0.459. The molecular formula is C23H24N4O4S. The van der Waals surface area contributed by atoms with Gasteiger partial charge in [-0.15, -0.1) is 0 Å². The minimum atomic E-state index is -3.27. The molecule has 32 heavy (non-hydrogen) atoms. The van der Waals surface area contributed by atoms with Gasteiger partial charge in [0.05, 0.1) is 29.1 Å². The van der Waals surface area contributed by atoms with E-state index >= 15 is 0 Å². The summed E-state index contributed by atoms with van der Waals surface area (Å²) in [4.78, 5) is 4.87. The number of rotatable bonds is 7. The molecule has 2 aromatic carbocycles. The number of aryl methyl sites for hydroxylation is 1. The van der Waals surface area contributed by atoms with Gasteiger partial charge in [0.25, 0.3) is 0 Å². The first-order valence-corrected chi connectivity index (χ1v) is 11.9. The first-order valence-electron chi connectivity index (χ1n) is 10.00. The fraction of sp³-hybridized carbons (Fsp3) is 0.217. The standard InChI is InChI=1S/C23H24N4O4S/c1-15-23(16-4-7-18(8-5-16)32(3,28)29)27-22(25-15)11-9-19(26-27)17-6-10-20(31-13-12-24)21(14-17)30-2/h4-11,14H,12-13,24H2,1-3H3. The Labute approximate surface area is 186 Å². The van der Waals surface area contributed by atoms with Crippen molar-refractivity contribution < 1.29 is 17.9 Å². The van der Waals surface area contributed by atoms with Gasteiger partial charge < -0.3 is 15.2 Å². The molecule has 0 atom stereocenters. The maximum absolute atomic E-state index is 11.8. The molecule has 8 nitrogen and oxygen atoms in total. The summed E-state index contributed by atoms with van der Waals surface area (Å²) < 4.78 is 36.4. The molecule has 0 spiro atoms. The lowest BCUT2D eigenvalue weighted by molar-refractivity contribution is 0.302. The van der Waals surface area contributed by atoms with Crippen molar-refractivity contribution >= 4 is 15.5 Å². The van der Waals surface area contributed by atoms with Gasteiger partial charge in [-0.2, -0.15) is 5.10 Å². The predicted molar refractivity (Wildman–Crippen MR) is 123 cm³/mol. The second-order valence-electron chi connectivity index (χ2n) is 7.33. The lowest BCUT2D eigenvalue weighted by Crippen LogP contribution is -2.11. The summed E-state index contributed by atoms with van der Waals surface area (Å²) in [5.41, 5.74) is 10.2. The van der Waals surface area contributed by atoms with Gasteiger partial charge in [0.15, 0.2) is 27.0 Å². The Kier molecular flexibility index (Phi) is 5.86. The SMILES string of the molecule is COc1cc(-c2ccc3nc(C)c(-c4ccc(S(C)(=O)=O)cc4)n3n2)ccc1OCCN. The molecule has 2 aromatic heterocycles. The number of benzene rings is 2. The number of hydrogen-bond donors (Lipinski definition) is 1. The van der Waals surface area contributed by atoms with Crippen LogP contribution in [0.15, 0.2) is 59.5 Å². The Morgan fingerprint density at radius 2 is 1.72 bits per heavy atom. The molecule has 2 N–H and O–H groups in total. The molecule has 0 aliphatic heterocycles. The molecule has 9 heteroatoms. The van der Waals surface area contributed by atoms with E-state index in [2.05, 4.69) is 4.98 Å². The first kappa shape index (κ1) is 21.8. The van der Waals surface area contributed by atoms with Crippen LogP contribution in [0.4, 0.5) is 0 Å². The van der Waals surface area contributed by atoms with Crippen molar-refractivity contribution in [1.82, 2.24) is 14.6 Å². The third-order valence-electron chi connectivity index (χ3n) is 5.04. The number of methoxy groups -OCH3 is 1. The smallest absolute Gasteiger partial charge is 0.175 e. The van der Waals surface area contributed by atoms with E-state index in [9.17, 15) is 8.42 Å². The monoisotopic (exact) mass is 452 g/mol. The zero-order valence-electron chi connectivity index (χ0n) is 18.1. The van der Waals surface area contributed by atoms with E-state index in [1.807, 2.05) is 37.3 Å². The molecule has 0 aliphatic carbocycles. The second-order valence-corrected chi connectivity index (χ2v) is 9.35. The van der Waals surface area contributed by atoms with Gasteiger partial charge in [0, 0.05) is 23.9 Å². The summed E-state index contributed by atoms with van der Waals surface area (Å²) in [5.74, 6) is 1.21. The van der Waals surface area contributed by atoms with Crippen LogP contribution >= 0.6 is 0 Å². The number of imidazole rings is 1. The topological polar surface area (TPSA) is 109 Å². The van der Waals surface area contributed by atoms with Gasteiger partial charge in [0.1, 0.15) is 6.61 Å². The zero-order valence-corrected chi connectivity index (χ0v) is 18.9. The van der Waals surface area contributed by atoms with Crippen LogP contribution in [0.25, 0.3) is 28.2 Å². The Bertz CT molecular complexity index is 1380. The zero-order chi connectivity index (χ0) is 22.9. The minimum absolute atomic E-state index is 0.269. The highest BCUT2D eigenvalue weighted by Gasteiger charge is 2.15. The van der Waals surface area contributed by atoms with Crippen LogP contribution in [0, 0.1) is 6.92 Å². The Morgan fingerprint density at radius 3 is 2.38 bits per heavy atom. The normalized spacial score (nSPS) is 11.6. The summed E-state index contributed by atoms with van der Waals surface area (Å²) >= 11 is 0. The second kappa shape index (κ2) is 8.60. The van der Waals surface area contributed by atoms with Crippen LogP contribution in [-0.4, -0.2) is 49.5 Å². The molecule has 0 bridgehead atoms. The molecule has 0 aliphatic rings. The van der Waals surface area contributed by atoms with Gasteiger partial charge >= 0.3 is 0 Å². The van der Waals surface area contributed by atoms with Crippen LogP contribution in [0.2, 0.25) is 0 Å². The summed E-state index contributed by atoms with van der Waals surface area (Å²) in [6, 6.07) is 16.1. The third kappa shape index (κ3) is 4.17. The number of ether oxygens (including phenoxy) is 2. The first-order chi connectivity index (χ1) is 15.3. The molecule has 0 unspecified atom stereocenters. The van der Waals surface area contributed by atoms with E-state index in [-0.39, 0.29) is 4.90 Å². The van der Waals surface area contributed by atoms with Crippen molar-refractivity contribution in [2.75, 3.05) is 26.5 Å². The van der Waals surface area contributed by atoms with Crippen molar-refractivity contribution in [3.8, 4) is 34.0 Å². The lowest BCUT2D eigenvalue weighted by Gasteiger charge is -2.12. The van der Waals surface area contributed by atoms with E-state index in [4.69, 9.17) is 20.3 Å². The highest BCUT2D eigenvalue weighted by Crippen LogP contribution is 2.33. The Morgan fingerprint density at radius 1 is 1.00 bits per heavy atom. The maximum atomic E-state index is 11.8. The van der Waals surface area contributed by atoms with Crippen LogP contribution in [0.5, 0.6) is 11.5 Å². The van der Waals surface area contributed by atoms with E-state index in [1.165, 1.54) is 6.26 Å². The summed E-state index contributed by atoms with van der Waals surface area (Å²) in [6.45, 7) is 2.72. The van der Waals surface area contributed by atoms with Crippen molar-refractivity contribution in [3.05, 3.63) is 60.3 Å². The highest BCUT2D eigenvalue weighted by atomic mass is 32.2. The molecule has 0 radical (unpaired) electrons. The Balaban J connectivity index is 1.78. The van der Waals surface area contributed by atoms with Gasteiger partial charge in [-0.1, -0.05) is 12.1 Å². The largest absolute Gasteiger partial charge is 0.493 e. The third-order valence-corrected chi connectivity index (χ3v) is 6.17. The predicted octanol–water partition coefficient (Wildman–Crippen LogP) is 3.12. The summed E-state index contributed by atoms with van der Waals surface area (Å²) in [6.07, 6.45) is 1.19. The number of nitrogens with two attached hydrogens (primary N) is 1. The molecule has 4 aromatic rings. The van der Waals surface area contributed by atoms with Crippen molar-refractivity contribution in [3.63, 3.8) is 0 Å². The van der Waals surface area contributed by atoms with E-state index in [1.54, 1.807) is 35.9 Å². The molecule has 0 saturated heterocycles. The molecule has 166 valence electrons. The van der Waals surface area contributed by atoms with Crippen LogP contribution < -0.4 is 15.2 Å². The maximum Gasteiger partial charge on any atom is 0.175 e. The van der Waals surface area contributed by atoms with Crippen LogP contribution in [0.3, 0.4) is 0 Å². The van der Waals surface area contributed by atoms with Gasteiger partial charge in [0.2, 0.25) is 0 Å². The van der Waals surface area contributed by atoms with Crippen LogP contribution in [-0.2, 0) is 9.84 Å². The minimum Gasteiger partial charge on any atom is -0.493 e. The molecule has 2 heterocycles. The Hall–Kier alpha value is -3.43. The van der Waals surface area contributed by atoms with E-state index in [0.717, 1.165) is 28.2 Å². The molecule has 4 rings (SSSR count). The lowest BCUT2D eigenvalue weighted by atomic mass is 10.1. The molecular weight excluding hydrogens is 428 g/mol. The summed E-state index contributed by atoms with van der Waals surface area (Å²) in [7, 11) is -1.68. The molecule has 0 saturated carbocycles. The molecule has 0 amide bonds. The number of hydrogen-bond acceptors (Lipinski definition) is 7. The van der Waals surface area contributed by atoms with Gasteiger partial charge in [-0.05, 0) is 49.4 Å². The highest BCUT2D eigenvalue weighted by molar-refractivity contribution is 7.90. The van der Waals surface area contributed by atoms with Gasteiger partial charge in [-0.25, -0.2) is 17.9 Å². The fourth-order valence-electron chi connectivity index (χ4n) is 3.50. The van der Waals surface area contributed by atoms with Crippen molar-refractivity contribution in [1.29, 1.82) is 0 Å². The fourth-order valence-corrected chi connectivity index (χ4v) is 4.13.